The number of phenolic OH excluding ortho intramolecular Hbond substituents is 2. The van der Waals surface area contributed by atoms with E-state index in [2.05, 4.69) is 10.6 Å². The van der Waals surface area contributed by atoms with E-state index in [-0.39, 0.29) is 48.4 Å². The summed E-state index contributed by atoms with van der Waals surface area (Å²) in [6, 6.07) is 8.33. The van der Waals surface area contributed by atoms with Crippen molar-refractivity contribution in [2.75, 3.05) is 49.9 Å². The molecule has 0 spiro atoms. The molecule has 13 heteroatoms. The van der Waals surface area contributed by atoms with Crippen LogP contribution in [0.4, 0.5) is 11.4 Å². The van der Waals surface area contributed by atoms with E-state index in [9.17, 15) is 39.6 Å². The normalized spacial score (nSPS) is 10.9. The van der Waals surface area contributed by atoms with Crippen LogP contribution < -0.4 is 10.6 Å². The number of carbonyl (C=O) groups is 4. The summed E-state index contributed by atoms with van der Waals surface area (Å²) in [5, 5.41) is 42.6. The van der Waals surface area contributed by atoms with E-state index >= 15 is 0 Å². The van der Waals surface area contributed by atoms with E-state index in [1.807, 2.05) is 0 Å². The quantitative estimate of drug-likeness (QED) is 0.210. The predicted molar refractivity (Wildman–Crippen MR) is 131 cm³/mol. The fourth-order valence-electron chi connectivity index (χ4n) is 3.27. The Morgan fingerprint density at radius 3 is 1.64 bits per heavy atom. The van der Waals surface area contributed by atoms with Gasteiger partial charge in [0.2, 0.25) is 11.8 Å². The molecular formula is C23H27ClN4O8. The van der Waals surface area contributed by atoms with E-state index in [0.29, 0.717) is 11.3 Å². The van der Waals surface area contributed by atoms with Crippen LogP contribution >= 0.6 is 11.6 Å². The highest BCUT2D eigenvalue weighted by Crippen LogP contribution is 2.25. The van der Waals surface area contributed by atoms with Gasteiger partial charge in [-0.2, -0.15) is 0 Å². The molecule has 0 radical (unpaired) electrons. The first-order chi connectivity index (χ1) is 16.9. The van der Waals surface area contributed by atoms with Crippen molar-refractivity contribution in [3.8, 4) is 11.5 Å². The van der Waals surface area contributed by atoms with E-state index in [1.54, 1.807) is 6.92 Å². The number of aromatic hydroxyl groups is 2. The number of halogens is 1. The van der Waals surface area contributed by atoms with Gasteiger partial charge in [-0.15, -0.1) is 0 Å². The van der Waals surface area contributed by atoms with Gasteiger partial charge >= 0.3 is 11.9 Å². The number of carboxylic acid groups (broad SMARTS) is 2. The van der Waals surface area contributed by atoms with Crippen molar-refractivity contribution in [1.29, 1.82) is 0 Å². The number of aliphatic carboxylic acids is 2. The predicted octanol–water partition coefficient (Wildman–Crippen LogP) is 1.41. The van der Waals surface area contributed by atoms with Gasteiger partial charge in [-0.1, -0.05) is 11.6 Å². The van der Waals surface area contributed by atoms with E-state index in [0.717, 1.165) is 0 Å². The van der Waals surface area contributed by atoms with Crippen molar-refractivity contribution in [1.82, 2.24) is 9.80 Å². The maximum Gasteiger partial charge on any atom is 0.317 e. The highest BCUT2D eigenvalue weighted by atomic mass is 35.5. The van der Waals surface area contributed by atoms with Gasteiger partial charge < -0.3 is 31.1 Å². The molecule has 2 aromatic rings. The molecule has 0 fully saturated rings. The first kappa shape index (κ1) is 28.4. The second kappa shape index (κ2) is 13.3. The van der Waals surface area contributed by atoms with Crippen LogP contribution in [-0.2, 0) is 19.2 Å². The Kier molecular flexibility index (Phi) is 10.5. The topological polar surface area (TPSA) is 180 Å². The van der Waals surface area contributed by atoms with Crippen LogP contribution in [-0.4, -0.2) is 93.2 Å². The summed E-state index contributed by atoms with van der Waals surface area (Å²) in [5.41, 5.74) is 1.29. The number of nitrogens with one attached hydrogen (secondary N) is 2. The van der Waals surface area contributed by atoms with Gasteiger partial charge in [0.15, 0.2) is 0 Å². The number of rotatable bonds is 13. The average Bonchev–Trinajstić information content (AvgIpc) is 2.75. The van der Waals surface area contributed by atoms with Gasteiger partial charge in [0.25, 0.3) is 0 Å². The second-order valence-electron chi connectivity index (χ2n) is 7.97. The molecule has 12 nitrogen and oxygen atoms in total. The summed E-state index contributed by atoms with van der Waals surface area (Å²) in [4.78, 5) is 50.1. The fourth-order valence-corrected chi connectivity index (χ4v) is 3.49. The molecule has 2 rings (SSSR count). The molecule has 2 aromatic carbocycles. The number of phenols is 2. The molecule has 0 aliphatic heterocycles. The van der Waals surface area contributed by atoms with E-state index < -0.39 is 36.8 Å². The number of hydrogen-bond acceptors (Lipinski definition) is 8. The second-order valence-corrected chi connectivity index (χ2v) is 8.38. The summed E-state index contributed by atoms with van der Waals surface area (Å²) >= 11 is 5.97. The summed E-state index contributed by atoms with van der Waals surface area (Å²) in [6.07, 6.45) is 0. The van der Waals surface area contributed by atoms with Crippen molar-refractivity contribution in [2.24, 2.45) is 0 Å². The van der Waals surface area contributed by atoms with E-state index in [1.165, 1.54) is 46.2 Å². The zero-order valence-corrected chi connectivity index (χ0v) is 20.2. The number of hydrogen-bond donors (Lipinski definition) is 6. The Bertz CT molecular complexity index is 1040. The zero-order chi connectivity index (χ0) is 26.8. The first-order valence-corrected chi connectivity index (χ1v) is 11.1. The van der Waals surface area contributed by atoms with Gasteiger partial charge in [-0.25, -0.2) is 0 Å². The van der Waals surface area contributed by atoms with Crippen molar-refractivity contribution in [3.05, 3.63) is 47.0 Å². The first-order valence-electron chi connectivity index (χ1n) is 10.7. The number of carbonyl (C=O) groups excluding carboxylic acids is 2. The number of anilines is 2. The molecule has 2 amide bonds. The minimum absolute atomic E-state index is 0.0190. The number of amides is 2. The molecule has 0 saturated carbocycles. The molecule has 0 aromatic heterocycles. The van der Waals surface area contributed by atoms with Crippen molar-refractivity contribution in [3.63, 3.8) is 0 Å². The SMILES string of the molecule is Cc1cc(O)ccc1NC(=O)CN(CCN(CC(=O)O)CC(=O)Nc1ccc(O)cc1Cl)CC(=O)O. The smallest absolute Gasteiger partial charge is 0.317 e. The van der Waals surface area contributed by atoms with Gasteiger partial charge in [-0.3, -0.25) is 29.0 Å². The van der Waals surface area contributed by atoms with Crippen molar-refractivity contribution < 1.29 is 39.6 Å². The molecule has 0 bridgehead atoms. The van der Waals surface area contributed by atoms with Gasteiger partial charge in [0.1, 0.15) is 11.5 Å². The number of carboxylic acids is 2. The lowest BCUT2D eigenvalue weighted by Crippen LogP contribution is -2.44. The molecule has 0 unspecified atom stereocenters. The maximum absolute atomic E-state index is 12.5. The molecule has 0 heterocycles. The minimum atomic E-state index is -1.20. The Balaban J connectivity index is 2.01. The number of benzene rings is 2. The molecule has 194 valence electrons. The van der Waals surface area contributed by atoms with Crippen LogP contribution in [0.5, 0.6) is 11.5 Å². The zero-order valence-electron chi connectivity index (χ0n) is 19.4. The highest BCUT2D eigenvalue weighted by Gasteiger charge is 2.20. The lowest BCUT2D eigenvalue weighted by Gasteiger charge is -2.25. The molecular weight excluding hydrogens is 496 g/mol. The van der Waals surface area contributed by atoms with Crippen LogP contribution in [0.25, 0.3) is 0 Å². The van der Waals surface area contributed by atoms with Gasteiger partial charge in [0, 0.05) is 24.8 Å². The highest BCUT2D eigenvalue weighted by molar-refractivity contribution is 6.33. The molecule has 0 aliphatic rings. The largest absolute Gasteiger partial charge is 0.508 e. The minimum Gasteiger partial charge on any atom is -0.508 e. The van der Waals surface area contributed by atoms with Crippen LogP contribution in [0, 0.1) is 6.92 Å². The third-order valence-electron chi connectivity index (χ3n) is 4.90. The Morgan fingerprint density at radius 1 is 0.750 bits per heavy atom. The third-order valence-corrected chi connectivity index (χ3v) is 5.21. The molecule has 0 aliphatic carbocycles. The van der Waals surface area contributed by atoms with E-state index in [4.69, 9.17) is 11.6 Å². The fraction of sp³-hybridized carbons (Fsp3) is 0.304. The molecule has 0 atom stereocenters. The number of aryl methyl sites for hydroxylation is 1. The number of nitrogens with zero attached hydrogens (tertiary/aromatic N) is 2. The van der Waals surface area contributed by atoms with Crippen molar-refractivity contribution >= 4 is 46.7 Å². The molecule has 36 heavy (non-hydrogen) atoms. The van der Waals surface area contributed by atoms with Crippen LogP contribution in [0.3, 0.4) is 0 Å². The monoisotopic (exact) mass is 522 g/mol. The Labute approximate surface area is 211 Å². The Hall–Kier alpha value is -3.87. The van der Waals surface area contributed by atoms with Crippen LogP contribution in [0.2, 0.25) is 5.02 Å². The van der Waals surface area contributed by atoms with Gasteiger partial charge in [-0.05, 0) is 42.8 Å². The molecule has 0 saturated heterocycles. The lowest BCUT2D eigenvalue weighted by molar-refractivity contribution is -0.140. The van der Waals surface area contributed by atoms with Crippen molar-refractivity contribution in [2.45, 2.75) is 6.92 Å². The van der Waals surface area contributed by atoms with Crippen LogP contribution in [0.1, 0.15) is 5.56 Å². The maximum atomic E-state index is 12.5. The van der Waals surface area contributed by atoms with Crippen LogP contribution in [0.15, 0.2) is 36.4 Å². The lowest BCUT2D eigenvalue weighted by atomic mass is 10.2. The summed E-state index contributed by atoms with van der Waals surface area (Å²) in [7, 11) is 0. The third kappa shape index (κ3) is 9.78. The average molecular weight is 523 g/mol. The molecule has 6 N–H and O–H groups in total. The summed E-state index contributed by atoms with van der Waals surface area (Å²) in [6.45, 7) is 0.00204. The summed E-state index contributed by atoms with van der Waals surface area (Å²) < 4.78 is 0. The standard InChI is InChI=1S/C23H27ClN4O8/c1-14-8-15(29)2-4-18(14)25-20(31)10-27(12-22(33)34)6-7-28(13-23(35)36)11-21(32)26-19-5-3-16(30)9-17(19)24/h2-5,8-9,29-30H,6-7,10-13H2,1H3,(H,25,31)(H,26,32)(H,33,34)(H,35,36). The Morgan fingerprint density at radius 2 is 1.19 bits per heavy atom. The summed E-state index contributed by atoms with van der Waals surface area (Å²) in [5.74, 6) is -3.52. The van der Waals surface area contributed by atoms with Gasteiger partial charge in [0.05, 0.1) is 36.9 Å².